The van der Waals surface area contributed by atoms with Gasteiger partial charge in [-0.2, -0.15) is 5.10 Å². The molecule has 0 aliphatic rings. The highest BCUT2D eigenvalue weighted by Gasteiger charge is 2.14. The van der Waals surface area contributed by atoms with Crippen LogP contribution in [0.15, 0.2) is 36.9 Å². The number of aromatic carboxylic acids is 1. The molecular weight excluding hydrogens is 192 g/mol. The molecule has 0 saturated carbocycles. The number of carboxylic acids is 1. The third kappa shape index (κ3) is 1.50. The van der Waals surface area contributed by atoms with Crippen molar-refractivity contribution in [1.82, 2.24) is 9.78 Å². The van der Waals surface area contributed by atoms with Crippen LogP contribution in [0.25, 0.3) is 10.9 Å². The van der Waals surface area contributed by atoms with Gasteiger partial charge in [0.25, 0.3) is 0 Å². The highest BCUT2D eigenvalue weighted by atomic mass is 16.4. The monoisotopic (exact) mass is 202 g/mol. The highest BCUT2D eigenvalue weighted by Crippen LogP contribution is 2.18. The summed E-state index contributed by atoms with van der Waals surface area (Å²) in [6.45, 7) is 4.12. The Morgan fingerprint density at radius 3 is 2.93 bits per heavy atom. The molecule has 0 radical (unpaired) electrons. The highest BCUT2D eigenvalue weighted by molar-refractivity contribution is 6.01. The number of aromatic nitrogens is 2. The maximum atomic E-state index is 10.9. The lowest BCUT2D eigenvalue weighted by Gasteiger charge is -1.96. The summed E-state index contributed by atoms with van der Waals surface area (Å²) in [5.74, 6) is -1.01. The minimum atomic E-state index is -1.01. The smallest absolute Gasteiger partial charge is 0.357 e. The fourth-order valence-corrected chi connectivity index (χ4v) is 1.55. The lowest BCUT2D eigenvalue weighted by Crippen LogP contribution is -2.01. The van der Waals surface area contributed by atoms with Crippen molar-refractivity contribution in [2.75, 3.05) is 0 Å². The first-order chi connectivity index (χ1) is 7.24. The molecule has 76 valence electrons. The molecule has 2 rings (SSSR count). The van der Waals surface area contributed by atoms with Gasteiger partial charge in [0.05, 0.1) is 12.1 Å². The summed E-state index contributed by atoms with van der Waals surface area (Å²) >= 11 is 0. The molecule has 2 aromatic rings. The third-order valence-electron chi connectivity index (χ3n) is 2.16. The Morgan fingerprint density at radius 2 is 2.27 bits per heavy atom. The van der Waals surface area contributed by atoms with Gasteiger partial charge < -0.3 is 5.11 Å². The van der Waals surface area contributed by atoms with Crippen LogP contribution in [0.2, 0.25) is 0 Å². The van der Waals surface area contributed by atoms with Crippen molar-refractivity contribution in [1.29, 1.82) is 0 Å². The van der Waals surface area contributed by atoms with Crippen molar-refractivity contribution < 1.29 is 9.90 Å². The SMILES string of the molecule is C=CCn1nc(C(=O)O)c2ccccc21. The first-order valence-electron chi connectivity index (χ1n) is 4.54. The van der Waals surface area contributed by atoms with Gasteiger partial charge >= 0.3 is 5.97 Å². The number of para-hydroxylation sites is 1. The molecule has 0 spiro atoms. The van der Waals surface area contributed by atoms with Gasteiger partial charge in [-0.15, -0.1) is 6.58 Å². The number of rotatable bonds is 3. The van der Waals surface area contributed by atoms with E-state index >= 15 is 0 Å². The van der Waals surface area contributed by atoms with Crippen molar-refractivity contribution in [3.8, 4) is 0 Å². The van der Waals surface area contributed by atoms with Crippen molar-refractivity contribution in [3.05, 3.63) is 42.6 Å². The largest absolute Gasteiger partial charge is 0.476 e. The van der Waals surface area contributed by atoms with Gasteiger partial charge in [-0.3, -0.25) is 4.68 Å². The van der Waals surface area contributed by atoms with Crippen LogP contribution < -0.4 is 0 Å². The lowest BCUT2D eigenvalue weighted by molar-refractivity contribution is 0.0691. The first kappa shape index (κ1) is 9.45. The molecule has 0 aliphatic carbocycles. The molecular formula is C11H10N2O2. The number of allylic oxidation sites excluding steroid dienone is 1. The zero-order valence-electron chi connectivity index (χ0n) is 8.05. The molecule has 4 nitrogen and oxygen atoms in total. The molecule has 1 N–H and O–H groups in total. The second kappa shape index (κ2) is 3.57. The van der Waals surface area contributed by atoms with Gasteiger partial charge in [-0.1, -0.05) is 24.3 Å². The second-order valence-corrected chi connectivity index (χ2v) is 3.14. The maximum absolute atomic E-state index is 10.9. The van der Waals surface area contributed by atoms with Crippen LogP contribution in [-0.4, -0.2) is 20.9 Å². The number of carbonyl (C=O) groups is 1. The van der Waals surface area contributed by atoms with Gasteiger partial charge in [-0.25, -0.2) is 4.79 Å². The van der Waals surface area contributed by atoms with E-state index in [1.807, 2.05) is 12.1 Å². The van der Waals surface area contributed by atoms with E-state index in [2.05, 4.69) is 11.7 Å². The predicted octanol–water partition coefficient (Wildman–Crippen LogP) is 1.92. The van der Waals surface area contributed by atoms with Gasteiger partial charge in [0.15, 0.2) is 5.69 Å². The summed E-state index contributed by atoms with van der Waals surface area (Å²) < 4.78 is 1.63. The Labute approximate surface area is 86.4 Å². The van der Waals surface area contributed by atoms with E-state index in [0.717, 1.165) is 5.52 Å². The van der Waals surface area contributed by atoms with E-state index in [0.29, 0.717) is 11.9 Å². The Morgan fingerprint density at radius 1 is 1.53 bits per heavy atom. The lowest BCUT2D eigenvalue weighted by atomic mass is 10.2. The van der Waals surface area contributed by atoms with Crippen LogP contribution in [0.5, 0.6) is 0 Å². The Hall–Kier alpha value is -2.10. The third-order valence-corrected chi connectivity index (χ3v) is 2.16. The number of benzene rings is 1. The molecule has 15 heavy (non-hydrogen) atoms. The molecule has 0 amide bonds. The Bertz CT molecular complexity index is 528. The van der Waals surface area contributed by atoms with E-state index in [4.69, 9.17) is 5.11 Å². The minimum Gasteiger partial charge on any atom is -0.476 e. The van der Waals surface area contributed by atoms with Gasteiger partial charge in [-0.05, 0) is 6.07 Å². The molecule has 0 bridgehead atoms. The second-order valence-electron chi connectivity index (χ2n) is 3.14. The van der Waals surface area contributed by atoms with E-state index in [1.165, 1.54) is 0 Å². The van der Waals surface area contributed by atoms with Crippen molar-refractivity contribution in [2.24, 2.45) is 0 Å². The van der Waals surface area contributed by atoms with E-state index in [9.17, 15) is 4.79 Å². The number of carboxylic acid groups (broad SMARTS) is 1. The van der Waals surface area contributed by atoms with Crippen LogP contribution >= 0.6 is 0 Å². The zero-order valence-corrected chi connectivity index (χ0v) is 8.05. The van der Waals surface area contributed by atoms with Crippen molar-refractivity contribution >= 4 is 16.9 Å². The summed E-state index contributed by atoms with van der Waals surface area (Å²) in [7, 11) is 0. The molecule has 0 saturated heterocycles. The molecule has 1 aromatic carbocycles. The Kier molecular flexibility index (Phi) is 2.25. The summed E-state index contributed by atoms with van der Waals surface area (Å²) in [5.41, 5.74) is 0.905. The summed E-state index contributed by atoms with van der Waals surface area (Å²) in [6, 6.07) is 7.26. The average molecular weight is 202 g/mol. The van der Waals surface area contributed by atoms with E-state index in [-0.39, 0.29) is 5.69 Å². The standard InChI is InChI=1S/C11H10N2O2/c1-2-7-13-9-6-4-3-5-8(9)10(12-13)11(14)15/h2-6H,1,7H2,(H,14,15). The number of nitrogens with zero attached hydrogens (tertiary/aromatic N) is 2. The number of fused-ring (bicyclic) bond motifs is 1. The fourth-order valence-electron chi connectivity index (χ4n) is 1.55. The molecule has 1 aromatic heterocycles. The Balaban J connectivity index is 2.72. The van der Waals surface area contributed by atoms with Gasteiger partial charge in [0.2, 0.25) is 0 Å². The number of hydrogen-bond acceptors (Lipinski definition) is 2. The topological polar surface area (TPSA) is 55.1 Å². The maximum Gasteiger partial charge on any atom is 0.357 e. The van der Waals surface area contributed by atoms with Crippen LogP contribution in [0.4, 0.5) is 0 Å². The quantitative estimate of drug-likeness (QED) is 0.773. The molecule has 0 fully saturated rings. The minimum absolute atomic E-state index is 0.0902. The summed E-state index contributed by atoms with van der Waals surface area (Å²) in [5, 5.41) is 13.6. The molecule has 1 heterocycles. The molecule has 0 unspecified atom stereocenters. The van der Waals surface area contributed by atoms with Crippen LogP contribution in [0.3, 0.4) is 0 Å². The predicted molar refractivity (Wildman–Crippen MR) is 56.9 cm³/mol. The normalized spacial score (nSPS) is 10.4. The van der Waals surface area contributed by atoms with E-state index < -0.39 is 5.97 Å². The zero-order chi connectivity index (χ0) is 10.8. The van der Waals surface area contributed by atoms with Crippen molar-refractivity contribution in [3.63, 3.8) is 0 Å². The molecule has 4 heteroatoms. The van der Waals surface area contributed by atoms with Crippen LogP contribution in [-0.2, 0) is 6.54 Å². The van der Waals surface area contributed by atoms with Crippen LogP contribution in [0.1, 0.15) is 10.5 Å². The molecule has 0 atom stereocenters. The van der Waals surface area contributed by atoms with Gasteiger partial charge in [0, 0.05) is 5.39 Å². The summed E-state index contributed by atoms with van der Waals surface area (Å²) in [6.07, 6.45) is 1.69. The fraction of sp³-hybridized carbons (Fsp3) is 0.0909. The average Bonchev–Trinajstić information content (AvgIpc) is 2.59. The van der Waals surface area contributed by atoms with Crippen molar-refractivity contribution in [2.45, 2.75) is 6.54 Å². The van der Waals surface area contributed by atoms with Gasteiger partial charge in [0.1, 0.15) is 0 Å². The number of hydrogen-bond donors (Lipinski definition) is 1. The van der Waals surface area contributed by atoms with Crippen LogP contribution in [0, 0.1) is 0 Å². The summed E-state index contributed by atoms with van der Waals surface area (Å²) in [4.78, 5) is 10.9. The molecule has 0 aliphatic heterocycles. The first-order valence-corrected chi connectivity index (χ1v) is 4.54. The van der Waals surface area contributed by atoms with E-state index in [1.54, 1.807) is 22.9 Å².